The second kappa shape index (κ2) is 4.31. The summed E-state index contributed by atoms with van der Waals surface area (Å²) in [5, 5.41) is 3.44. The molecule has 0 radical (unpaired) electrons. The molecule has 0 spiro atoms. The van der Waals surface area contributed by atoms with Gasteiger partial charge in [0.1, 0.15) is 5.82 Å². The van der Waals surface area contributed by atoms with Gasteiger partial charge in [-0.2, -0.15) is 18.3 Å². The molecule has 0 aliphatic carbocycles. The van der Waals surface area contributed by atoms with Gasteiger partial charge >= 0.3 is 6.18 Å². The van der Waals surface area contributed by atoms with Crippen LogP contribution in [-0.2, 0) is 13.2 Å². The maximum absolute atomic E-state index is 12.9. The van der Waals surface area contributed by atoms with Gasteiger partial charge in [-0.25, -0.2) is 0 Å². The SMILES string of the molecule is Cn1nc(C(F)(F)F)c(-c2ccccc2Br)c1N. The number of nitrogens with zero attached hydrogens (tertiary/aromatic N) is 2. The Morgan fingerprint density at radius 2 is 1.89 bits per heavy atom. The van der Waals surface area contributed by atoms with E-state index in [1.54, 1.807) is 24.3 Å². The van der Waals surface area contributed by atoms with Crippen molar-refractivity contribution in [2.45, 2.75) is 6.18 Å². The Morgan fingerprint density at radius 1 is 1.28 bits per heavy atom. The molecule has 0 atom stereocenters. The van der Waals surface area contributed by atoms with Crippen molar-refractivity contribution in [2.24, 2.45) is 7.05 Å². The first-order chi connectivity index (χ1) is 8.32. The summed E-state index contributed by atoms with van der Waals surface area (Å²) in [6.45, 7) is 0. The van der Waals surface area contributed by atoms with Crippen molar-refractivity contribution < 1.29 is 13.2 Å². The van der Waals surface area contributed by atoms with Crippen LogP contribution in [0.25, 0.3) is 11.1 Å². The summed E-state index contributed by atoms with van der Waals surface area (Å²) in [5.74, 6) is -0.0192. The molecule has 2 N–H and O–H groups in total. The van der Waals surface area contributed by atoms with Crippen LogP contribution in [0.3, 0.4) is 0 Å². The molecule has 18 heavy (non-hydrogen) atoms. The largest absolute Gasteiger partial charge is 0.435 e. The van der Waals surface area contributed by atoms with E-state index in [2.05, 4.69) is 21.0 Å². The standard InChI is InChI=1S/C11H9BrF3N3/c1-18-10(16)8(9(17-18)11(13,14)15)6-4-2-3-5-7(6)12/h2-5H,16H2,1H3. The van der Waals surface area contributed by atoms with Gasteiger partial charge < -0.3 is 5.73 Å². The second-order valence-electron chi connectivity index (χ2n) is 3.71. The highest BCUT2D eigenvalue weighted by Gasteiger charge is 2.39. The number of anilines is 1. The Kier molecular flexibility index (Phi) is 3.10. The normalized spacial score (nSPS) is 11.8. The fourth-order valence-electron chi connectivity index (χ4n) is 1.66. The first-order valence-electron chi connectivity index (χ1n) is 4.97. The average molecular weight is 320 g/mol. The molecular weight excluding hydrogens is 311 g/mol. The quantitative estimate of drug-likeness (QED) is 0.875. The van der Waals surface area contributed by atoms with Crippen LogP contribution >= 0.6 is 15.9 Å². The van der Waals surface area contributed by atoms with E-state index in [0.29, 0.717) is 10.0 Å². The van der Waals surface area contributed by atoms with Crippen molar-refractivity contribution in [3.05, 3.63) is 34.4 Å². The van der Waals surface area contributed by atoms with Crippen molar-refractivity contribution in [1.82, 2.24) is 9.78 Å². The van der Waals surface area contributed by atoms with Crippen LogP contribution in [0.2, 0.25) is 0 Å². The molecule has 1 aromatic carbocycles. The number of aryl methyl sites for hydroxylation is 1. The van der Waals surface area contributed by atoms with E-state index in [1.807, 2.05) is 0 Å². The topological polar surface area (TPSA) is 43.8 Å². The molecule has 7 heteroatoms. The summed E-state index contributed by atoms with van der Waals surface area (Å²) in [6.07, 6.45) is -4.54. The zero-order valence-electron chi connectivity index (χ0n) is 9.29. The molecule has 1 heterocycles. The maximum Gasteiger partial charge on any atom is 0.435 e. The third kappa shape index (κ3) is 2.10. The highest BCUT2D eigenvalue weighted by atomic mass is 79.9. The second-order valence-corrected chi connectivity index (χ2v) is 4.56. The van der Waals surface area contributed by atoms with Crippen molar-refractivity contribution in [3.63, 3.8) is 0 Å². The highest BCUT2D eigenvalue weighted by Crippen LogP contribution is 2.41. The molecule has 96 valence electrons. The highest BCUT2D eigenvalue weighted by molar-refractivity contribution is 9.10. The summed E-state index contributed by atoms with van der Waals surface area (Å²) < 4.78 is 40.3. The number of nitrogen functional groups attached to an aromatic ring is 1. The number of alkyl halides is 3. The van der Waals surface area contributed by atoms with E-state index in [-0.39, 0.29) is 11.4 Å². The van der Waals surface area contributed by atoms with Gasteiger partial charge in [-0.05, 0) is 6.07 Å². The Labute approximate surface area is 110 Å². The van der Waals surface area contributed by atoms with Crippen molar-refractivity contribution in [1.29, 1.82) is 0 Å². The first-order valence-corrected chi connectivity index (χ1v) is 5.76. The van der Waals surface area contributed by atoms with E-state index in [9.17, 15) is 13.2 Å². The van der Waals surface area contributed by atoms with Crippen molar-refractivity contribution in [2.75, 3.05) is 5.73 Å². The Morgan fingerprint density at radius 3 is 2.44 bits per heavy atom. The molecule has 0 fully saturated rings. The van der Waals surface area contributed by atoms with Gasteiger partial charge in [0.2, 0.25) is 0 Å². The number of aromatic nitrogens is 2. The van der Waals surface area contributed by atoms with E-state index in [1.165, 1.54) is 7.05 Å². The number of benzene rings is 1. The minimum atomic E-state index is -4.54. The monoisotopic (exact) mass is 319 g/mol. The maximum atomic E-state index is 12.9. The van der Waals surface area contributed by atoms with Crippen LogP contribution in [0.15, 0.2) is 28.7 Å². The Hall–Kier alpha value is -1.50. The molecule has 2 aromatic rings. The number of halogens is 4. The molecule has 0 amide bonds. The lowest BCUT2D eigenvalue weighted by atomic mass is 10.1. The lowest BCUT2D eigenvalue weighted by Crippen LogP contribution is -2.08. The minimum absolute atomic E-state index is 0.0192. The fourth-order valence-corrected chi connectivity index (χ4v) is 2.15. The lowest BCUT2D eigenvalue weighted by molar-refractivity contribution is -0.140. The summed E-state index contributed by atoms with van der Waals surface area (Å²) in [4.78, 5) is 0. The fraction of sp³-hybridized carbons (Fsp3) is 0.182. The molecule has 0 saturated carbocycles. The summed E-state index contributed by atoms with van der Waals surface area (Å²) in [7, 11) is 1.38. The zero-order valence-corrected chi connectivity index (χ0v) is 10.9. The first kappa shape index (κ1) is 12.9. The molecule has 0 saturated heterocycles. The number of hydrogen-bond acceptors (Lipinski definition) is 2. The zero-order chi connectivity index (χ0) is 13.5. The van der Waals surface area contributed by atoms with Crippen LogP contribution < -0.4 is 5.73 Å². The van der Waals surface area contributed by atoms with E-state index >= 15 is 0 Å². The molecule has 1 aromatic heterocycles. The van der Waals surface area contributed by atoms with Gasteiger partial charge in [0.15, 0.2) is 5.69 Å². The number of rotatable bonds is 1. The molecule has 2 rings (SSSR count). The third-order valence-corrected chi connectivity index (χ3v) is 3.19. The van der Waals surface area contributed by atoms with Crippen LogP contribution in [0.1, 0.15) is 5.69 Å². The minimum Gasteiger partial charge on any atom is -0.383 e. The van der Waals surface area contributed by atoms with Crippen molar-refractivity contribution in [3.8, 4) is 11.1 Å². The third-order valence-electron chi connectivity index (χ3n) is 2.50. The Balaban J connectivity index is 2.75. The summed E-state index contributed by atoms with van der Waals surface area (Å²) in [5.41, 5.74) is 4.97. The van der Waals surface area contributed by atoms with Crippen molar-refractivity contribution >= 4 is 21.7 Å². The smallest absolute Gasteiger partial charge is 0.383 e. The van der Waals surface area contributed by atoms with Crippen LogP contribution in [-0.4, -0.2) is 9.78 Å². The lowest BCUT2D eigenvalue weighted by Gasteiger charge is -2.08. The molecule has 0 aliphatic heterocycles. The van der Waals surface area contributed by atoms with Gasteiger partial charge in [0, 0.05) is 17.1 Å². The van der Waals surface area contributed by atoms with Gasteiger partial charge in [0.25, 0.3) is 0 Å². The van der Waals surface area contributed by atoms with Crippen LogP contribution in [0.4, 0.5) is 19.0 Å². The molecule has 3 nitrogen and oxygen atoms in total. The van der Waals surface area contributed by atoms with E-state index in [0.717, 1.165) is 4.68 Å². The van der Waals surface area contributed by atoms with E-state index < -0.39 is 11.9 Å². The predicted octanol–water partition coefficient (Wildman–Crippen LogP) is 3.45. The summed E-state index contributed by atoms with van der Waals surface area (Å²) >= 11 is 3.22. The molecule has 0 bridgehead atoms. The van der Waals surface area contributed by atoms with Gasteiger partial charge in [-0.1, -0.05) is 34.1 Å². The Bertz CT molecular complexity index is 590. The number of nitrogens with two attached hydrogens (primary N) is 1. The molecular formula is C11H9BrF3N3. The van der Waals surface area contributed by atoms with Crippen LogP contribution in [0.5, 0.6) is 0 Å². The summed E-state index contributed by atoms with van der Waals surface area (Å²) in [6, 6.07) is 6.58. The van der Waals surface area contributed by atoms with Gasteiger partial charge in [-0.3, -0.25) is 4.68 Å². The predicted molar refractivity (Wildman–Crippen MR) is 65.8 cm³/mol. The average Bonchev–Trinajstić information content (AvgIpc) is 2.57. The molecule has 0 unspecified atom stereocenters. The van der Waals surface area contributed by atoms with Gasteiger partial charge in [0.05, 0.1) is 5.56 Å². The van der Waals surface area contributed by atoms with Gasteiger partial charge in [-0.15, -0.1) is 0 Å². The molecule has 0 aliphatic rings. The number of hydrogen-bond donors (Lipinski definition) is 1. The van der Waals surface area contributed by atoms with E-state index in [4.69, 9.17) is 5.73 Å². The van der Waals surface area contributed by atoms with Crippen LogP contribution in [0, 0.1) is 0 Å².